The van der Waals surface area contributed by atoms with Crippen LogP contribution >= 0.6 is 0 Å². The number of hydrogen-bond acceptors (Lipinski definition) is 2. The second kappa shape index (κ2) is 8.82. The summed E-state index contributed by atoms with van der Waals surface area (Å²) in [7, 11) is 0. The molecule has 0 bridgehead atoms. The van der Waals surface area contributed by atoms with Crippen LogP contribution in [-0.2, 0) is 4.79 Å². The molecule has 2 amide bonds. The molecule has 1 heterocycles. The van der Waals surface area contributed by atoms with Crippen molar-refractivity contribution in [2.45, 2.75) is 19.8 Å². The lowest BCUT2D eigenvalue weighted by molar-refractivity contribution is -0.895. The minimum Gasteiger partial charge on any atom is -0.327 e. The van der Waals surface area contributed by atoms with E-state index in [0.717, 1.165) is 29.9 Å². The molecule has 0 radical (unpaired) electrons. The van der Waals surface area contributed by atoms with Crippen molar-refractivity contribution in [3.63, 3.8) is 0 Å². The van der Waals surface area contributed by atoms with E-state index in [4.69, 9.17) is 0 Å². The Balaban J connectivity index is 1.51. The number of piperazine rings is 1. The Morgan fingerprint density at radius 3 is 2.30 bits per heavy atom. The molecule has 0 spiro atoms. The highest BCUT2D eigenvalue weighted by molar-refractivity contribution is 5.94. The molecular weight excluding hydrogens is 338 g/mol. The van der Waals surface area contributed by atoms with Crippen molar-refractivity contribution < 1.29 is 14.5 Å². The fourth-order valence-corrected chi connectivity index (χ4v) is 3.50. The van der Waals surface area contributed by atoms with E-state index in [9.17, 15) is 9.59 Å². The number of rotatable bonds is 5. The molecule has 0 saturated carbocycles. The van der Waals surface area contributed by atoms with Gasteiger partial charge in [-0.25, -0.2) is 0 Å². The van der Waals surface area contributed by atoms with Crippen LogP contribution in [0.4, 0.5) is 5.69 Å². The number of amides is 2. The summed E-state index contributed by atoms with van der Waals surface area (Å²) in [5.41, 5.74) is 2.78. The van der Waals surface area contributed by atoms with Crippen LogP contribution in [0, 0.1) is 0 Å². The van der Waals surface area contributed by atoms with Gasteiger partial charge in [-0.3, -0.25) is 9.59 Å². The van der Waals surface area contributed by atoms with Gasteiger partial charge in [-0.05, 0) is 29.7 Å². The summed E-state index contributed by atoms with van der Waals surface area (Å²) in [5, 5.41) is 3.06. The van der Waals surface area contributed by atoms with Crippen LogP contribution in [-0.4, -0.2) is 49.4 Å². The highest BCUT2D eigenvalue weighted by Crippen LogP contribution is 2.23. The monoisotopic (exact) mass is 366 g/mol. The van der Waals surface area contributed by atoms with Crippen LogP contribution < -0.4 is 10.2 Å². The predicted molar refractivity (Wildman–Crippen MR) is 107 cm³/mol. The summed E-state index contributed by atoms with van der Waals surface area (Å²) in [6.45, 7) is 7.62. The summed E-state index contributed by atoms with van der Waals surface area (Å²) in [6, 6.07) is 17.3. The Bertz CT molecular complexity index is 781. The van der Waals surface area contributed by atoms with Crippen molar-refractivity contribution in [1.29, 1.82) is 0 Å². The highest BCUT2D eigenvalue weighted by Gasteiger charge is 2.26. The van der Waals surface area contributed by atoms with E-state index in [1.54, 1.807) is 0 Å². The molecule has 27 heavy (non-hydrogen) atoms. The number of para-hydroxylation sites is 1. The third kappa shape index (κ3) is 4.95. The summed E-state index contributed by atoms with van der Waals surface area (Å²) in [4.78, 5) is 28.1. The van der Waals surface area contributed by atoms with E-state index in [-0.39, 0.29) is 11.8 Å². The molecule has 0 aliphatic carbocycles. The molecule has 1 aliphatic heterocycles. The lowest BCUT2D eigenvalue weighted by Gasteiger charge is -2.32. The molecule has 142 valence electrons. The fraction of sp³-hybridized carbons (Fsp3) is 0.364. The smallest absolute Gasteiger partial charge is 0.279 e. The van der Waals surface area contributed by atoms with E-state index in [1.807, 2.05) is 53.4 Å². The van der Waals surface area contributed by atoms with Gasteiger partial charge in [0.2, 0.25) is 0 Å². The Morgan fingerprint density at radius 2 is 1.63 bits per heavy atom. The Hall–Kier alpha value is -2.66. The Labute approximate surface area is 161 Å². The summed E-state index contributed by atoms with van der Waals surface area (Å²) >= 11 is 0. The van der Waals surface area contributed by atoms with Gasteiger partial charge in [0, 0.05) is 11.3 Å². The molecule has 2 N–H and O–H groups in total. The van der Waals surface area contributed by atoms with Gasteiger partial charge < -0.3 is 15.1 Å². The summed E-state index contributed by atoms with van der Waals surface area (Å²) < 4.78 is 0. The number of hydrogen-bond donors (Lipinski definition) is 2. The lowest BCUT2D eigenvalue weighted by atomic mass is 10.0. The second-order valence-electron chi connectivity index (χ2n) is 7.38. The maximum absolute atomic E-state index is 12.5. The zero-order valence-electron chi connectivity index (χ0n) is 16.1. The quantitative estimate of drug-likeness (QED) is 0.848. The first-order valence-corrected chi connectivity index (χ1v) is 9.61. The number of quaternary nitrogens is 1. The van der Waals surface area contributed by atoms with Crippen molar-refractivity contribution in [3.05, 3.63) is 65.7 Å². The normalized spacial score (nSPS) is 15.0. The molecular formula is C22H28N3O2+. The van der Waals surface area contributed by atoms with Gasteiger partial charge in [0.15, 0.2) is 6.54 Å². The molecule has 0 aromatic heterocycles. The zero-order valence-corrected chi connectivity index (χ0v) is 16.1. The van der Waals surface area contributed by atoms with Crippen molar-refractivity contribution >= 4 is 17.5 Å². The summed E-state index contributed by atoms with van der Waals surface area (Å²) in [6.07, 6.45) is 0. The van der Waals surface area contributed by atoms with Crippen LogP contribution in [0.1, 0.15) is 35.7 Å². The first kappa shape index (κ1) is 19.1. The number of carbonyl (C=O) groups is 2. The topological polar surface area (TPSA) is 53.9 Å². The first-order valence-electron chi connectivity index (χ1n) is 9.61. The van der Waals surface area contributed by atoms with Crippen molar-refractivity contribution in [1.82, 2.24) is 4.90 Å². The summed E-state index contributed by atoms with van der Waals surface area (Å²) in [5.74, 6) is 0.465. The van der Waals surface area contributed by atoms with E-state index >= 15 is 0 Å². The van der Waals surface area contributed by atoms with Crippen molar-refractivity contribution in [3.8, 4) is 0 Å². The molecule has 1 fully saturated rings. The number of nitrogens with one attached hydrogen (secondary N) is 2. The molecule has 1 saturated heterocycles. The maximum Gasteiger partial charge on any atom is 0.279 e. The van der Waals surface area contributed by atoms with E-state index < -0.39 is 0 Å². The molecule has 0 unspecified atom stereocenters. The van der Waals surface area contributed by atoms with Gasteiger partial charge in [-0.15, -0.1) is 0 Å². The van der Waals surface area contributed by atoms with Crippen molar-refractivity contribution in [2.75, 3.05) is 38.0 Å². The van der Waals surface area contributed by atoms with Crippen LogP contribution in [0.15, 0.2) is 54.6 Å². The van der Waals surface area contributed by atoms with Crippen LogP contribution in [0.25, 0.3) is 0 Å². The third-order valence-corrected chi connectivity index (χ3v) is 5.05. The molecule has 0 atom stereocenters. The van der Waals surface area contributed by atoms with Gasteiger partial charge >= 0.3 is 0 Å². The Morgan fingerprint density at radius 1 is 1.00 bits per heavy atom. The molecule has 1 aliphatic rings. The lowest BCUT2D eigenvalue weighted by Crippen LogP contribution is -3.15. The fourth-order valence-electron chi connectivity index (χ4n) is 3.50. The number of anilines is 1. The van der Waals surface area contributed by atoms with E-state index in [1.165, 1.54) is 4.90 Å². The number of nitrogens with zero attached hydrogens (tertiary/aromatic N) is 1. The molecule has 2 aromatic carbocycles. The van der Waals surface area contributed by atoms with Crippen LogP contribution in [0.5, 0.6) is 0 Å². The predicted octanol–water partition coefficient (Wildman–Crippen LogP) is 1.79. The van der Waals surface area contributed by atoms with E-state index in [0.29, 0.717) is 25.6 Å². The minimum absolute atomic E-state index is 0.0286. The SMILES string of the molecule is CC(C)c1ccccc1NC(=O)C[NH+]1CCN(C(=O)c2ccccc2)CC1. The standard InChI is InChI=1S/C22H27N3O2/c1-17(2)19-10-6-7-11-20(19)23-21(26)16-24-12-14-25(15-13-24)22(27)18-8-4-3-5-9-18/h3-11,17H,12-16H2,1-2H3,(H,23,26)/p+1. The van der Waals surface area contributed by atoms with Gasteiger partial charge in [0.25, 0.3) is 11.8 Å². The molecule has 5 heteroatoms. The van der Waals surface area contributed by atoms with E-state index in [2.05, 4.69) is 25.2 Å². The highest BCUT2D eigenvalue weighted by atomic mass is 16.2. The average Bonchev–Trinajstić information content (AvgIpc) is 2.69. The average molecular weight is 366 g/mol. The second-order valence-corrected chi connectivity index (χ2v) is 7.38. The molecule has 5 nitrogen and oxygen atoms in total. The van der Waals surface area contributed by atoms with Crippen LogP contribution in [0.2, 0.25) is 0 Å². The zero-order chi connectivity index (χ0) is 19.2. The van der Waals surface area contributed by atoms with Gasteiger partial charge in [0.05, 0.1) is 26.2 Å². The number of carbonyl (C=O) groups excluding carboxylic acids is 2. The van der Waals surface area contributed by atoms with Gasteiger partial charge in [0.1, 0.15) is 0 Å². The largest absolute Gasteiger partial charge is 0.327 e. The maximum atomic E-state index is 12.5. The first-order chi connectivity index (χ1) is 13.0. The minimum atomic E-state index is 0.0286. The van der Waals surface area contributed by atoms with Gasteiger partial charge in [-0.1, -0.05) is 50.2 Å². The van der Waals surface area contributed by atoms with Crippen molar-refractivity contribution in [2.24, 2.45) is 0 Å². The Kier molecular flexibility index (Phi) is 6.24. The third-order valence-electron chi connectivity index (χ3n) is 5.05. The van der Waals surface area contributed by atoms with Crippen LogP contribution in [0.3, 0.4) is 0 Å². The molecule has 3 rings (SSSR count). The number of benzene rings is 2. The van der Waals surface area contributed by atoms with Gasteiger partial charge in [-0.2, -0.15) is 0 Å². The molecule has 2 aromatic rings.